The number of anilines is 2. The molecular formula is C22H25ClFN7O2. The molecule has 9 nitrogen and oxygen atoms in total. The van der Waals surface area contributed by atoms with Crippen molar-refractivity contribution in [1.82, 2.24) is 24.3 Å². The fourth-order valence-electron chi connectivity index (χ4n) is 5.73. The van der Waals surface area contributed by atoms with Crippen LogP contribution in [-0.2, 0) is 19.7 Å². The normalized spacial score (nSPS) is 26.5. The summed E-state index contributed by atoms with van der Waals surface area (Å²) in [7, 11) is 3.45. The molecule has 2 fully saturated rings. The van der Waals surface area contributed by atoms with Crippen LogP contribution in [0.3, 0.4) is 0 Å². The molecule has 2 aliphatic carbocycles. The van der Waals surface area contributed by atoms with E-state index in [1.54, 1.807) is 24.7 Å². The summed E-state index contributed by atoms with van der Waals surface area (Å²) in [6.07, 6.45) is 5.49. The summed E-state index contributed by atoms with van der Waals surface area (Å²) in [6, 6.07) is 2.81. The topological polar surface area (TPSA) is 124 Å². The van der Waals surface area contributed by atoms with Gasteiger partial charge in [-0.1, -0.05) is 11.6 Å². The Morgan fingerprint density at radius 2 is 2.00 bits per heavy atom. The largest absolute Gasteiger partial charge is 0.382 e. The molecule has 2 aromatic heterocycles. The van der Waals surface area contributed by atoms with Gasteiger partial charge >= 0.3 is 0 Å². The van der Waals surface area contributed by atoms with Crippen LogP contribution in [0.2, 0.25) is 5.02 Å². The summed E-state index contributed by atoms with van der Waals surface area (Å²) in [5.74, 6) is 0.115. The van der Waals surface area contributed by atoms with E-state index in [-0.39, 0.29) is 34.6 Å². The predicted octanol–water partition coefficient (Wildman–Crippen LogP) is 2.97. The monoisotopic (exact) mass is 473 g/mol. The third-order valence-corrected chi connectivity index (χ3v) is 7.46. The molecule has 11 heteroatoms. The number of halogens is 2. The summed E-state index contributed by atoms with van der Waals surface area (Å²) >= 11 is 6.42. The smallest absolute Gasteiger partial charge is 0.273 e. The molecule has 2 heterocycles. The Bertz CT molecular complexity index is 1230. The highest BCUT2D eigenvalue weighted by Gasteiger charge is 2.52. The maximum absolute atomic E-state index is 14.4. The Labute approximate surface area is 194 Å². The second-order valence-corrected chi connectivity index (χ2v) is 9.59. The lowest BCUT2D eigenvalue weighted by atomic mass is 9.89. The number of fused-ring (bicyclic) bond motifs is 1. The minimum absolute atomic E-state index is 0.0270. The van der Waals surface area contributed by atoms with Crippen LogP contribution in [0.25, 0.3) is 0 Å². The first-order chi connectivity index (χ1) is 15.7. The zero-order valence-electron chi connectivity index (χ0n) is 18.3. The molecule has 0 saturated heterocycles. The molecule has 0 bridgehead atoms. The van der Waals surface area contributed by atoms with Crippen molar-refractivity contribution in [3.05, 3.63) is 52.6 Å². The van der Waals surface area contributed by atoms with Crippen LogP contribution in [0.4, 0.5) is 16.0 Å². The Hall–Kier alpha value is -2.98. The van der Waals surface area contributed by atoms with Crippen LogP contribution in [0, 0.1) is 17.7 Å². The molecule has 2 unspecified atom stereocenters. The number of nitrogen functional groups attached to an aromatic ring is 1. The van der Waals surface area contributed by atoms with Crippen molar-refractivity contribution >= 4 is 29.1 Å². The minimum Gasteiger partial charge on any atom is -0.382 e. The number of hydrogen-bond acceptors (Lipinski definition) is 6. The molecule has 174 valence electrons. The van der Waals surface area contributed by atoms with E-state index in [9.17, 15) is 14.3 Å². The molecule has 2 atom stereocenters. The van der Waals surface area contributed by atoms with Crippen molar-refractivity contribution in [1.29, 1.82) is 0 Å². The third kappa shape index (κ3) is 3.67. The number of rotatable bonds is 4. The molecule has 0 aliphatic heterocycles. The number of carbonyl (C=O) groups is 1. The van der Waals surface area contributed by atoms with E-state index in [1.807, 2.05) is 0 Å². The van der Waals surface area contributed by atoms with Gasteiger partial charge < -0.3 is 20.7 Å². The highest BCUT2D eigenvalue weighted by atomic mass is 35.5. The quantitative estimate of drug-likeness (QED) is 0.535. The van der Waals surface area contributed by atoms with Gasteiger partial charge in [-0.25, -0.2) is 14.1 Å². The average molecular weight is 474 g/mol. The first-order valence-electron chi connectivity index (χ1n) is 10.8. The van der Waals surface area contributed by atoms with Crippen LogP contribution in [0.5, 0.6) is 0 Å². The lowest BCUT2D eigenvalue weighted by molar-refractivity contribution is 0.0220. The molecule has 2 aliphatic rings. The summed E-state index contributed by atoms with van der Waals surface area (Å²) in [4.78, 5) is 21.0. The van der Waals surface area contributed by atoms with Gasteiger partial charge in [0.15, 0.2) is 5.82 Å². The van der Waals surface area contributed by atoms with Crippen molar-refractivity contribution in [2.45, 2.75) is 37.2 Å². The molecule has 3 aromatic rings. The molecule has 4 N–H and O–H groups in total. The van der Waals surface area contributed by atoms with E-state index in [2.05, 4.69) is 20.4 Å². The Balaban J connectivity index is 1.39. The van der Waals surface area contributed by atoms with E-state index in [0.717, 1.165) is 12.8 Å². The van der Waals surface area contributed by atoms with Gasteiger partial charge in [-0.3, -0.25) is 4.79 Å². The van der Waals surface area contributed by atoms with Gasteiger partial charge in [-0.2, -0.15) is 4.98 Å². The summed E-state index contributed by atoms with van der Waals surface area (Å²) < 4.78 is 17.6. The van der Waals surface area contributed by atoms with Crippen molar-refractivity contribution in [2.75, 3.05) is 11.1 Å². The van der Waals surface area contributed by atoms with Gasteiger partial charge in [0.05, 0.1) is 17.5 Å². The van der Waals surface area contributed by atoms with Gasteiger partial charge in [0.2, 0.25) is 5.95 Å². The van der Waals surface area contributed by atoms with E-state index in [1.165, 1.54) is 23.3 Å². The molecule has 1 aromatic carbocycles. The fourth-order valence-corrected chi connectivity index (χ4v) is 6.05. The Kier molecular flexibility index (Phi) is 5.17. The minimum atomic E-state index is -1.10. The first-order valence-corrected chi connectivity index (χ1v) is 11.2. The van der Waals surface area contributed by atoms with E-state index < -0.39 is 11.4 Å². The van der Waals surface area contributed by atoms with Crippen LogP contribution in [0.1, 0.15) is 53.5 Å². The zero-order valence-corrected chi connectivity index (χ0v) is 19.1. The van der Waals surface area contributed by atoms with Crippen LogP contribution in [0.15, 0.2) is 24.7 Å². The Morgan fingerprint density at radius 1 is 1.30 bits per heavy atom. The van der Waals surface area contributed by atoms with Gasteiger partial charge in [-0.05, 0) is 55.6 Å². The number of carbonyl (C=O) groups excluding carboxylic acids is 1. The van der Waals surface area contributed by atoms with E-state index >= 15 is 0 Å². The number of benzene rings is 1. The van der Waals surface area contributed by atoms with Crippen LogP contribution >= 0.6 is 11.6 Å². The number of nitrogens with one attached hydrogen (secondary N) is 1. The predicted molar refractivity (Wildman–Crippen MR) is 120 cm³/mol. The first kappa shape index (κ1) is 21.8. The van der Waals surface area contributed by atoms with Crippen molar-refractivity contribution < 1.29 is 14.3 Å². The standard InChI is InChI=1S/C22H25ClFN7O2/c1-30-10-26-9-16(30)19(32)27-15-4-3-14(24)18(23)17(15)11-5-12-7-22(33,8-13(12)6-11)20-28-21(25)29-31(20)2/h3-4,9-13,33H,5-8H2,1-2H3,(H2,25,29)(H,27,32). The van der Waals surface area contributed by atoms with Crippen molar-refractivity contribution in [2.24, 2.45) is 25.9 Å². The second kappa shape index (κ2) is 7.81. The maximum atomic E-state index is 14.4. The average Bonchev–Trinajstić information content (AvgIpc) is 3.48. The zero-order chi connectivity index (χ0) is 23.5. The molecule has 2 saturated carbocycles. The summed E-state index contributed by atoms with van der Waals surface area (Å²) in [5, 5.41) is 18.3. The number of aliphatic hydroxyl groups is 1. The number of aryl methyl sites for hydroxylation is 2. The number of imidazole rings is 1. The molecule has 33 heavy (non-hydrogen) atoms. The highest BCUT2D eigenvalue weighted by molar-refractivity contribution is 6.32. The van der Waals surface area contributed by atoms with Gasteiger partial charge in [0.25, 0.3) is 5.91 Å². The molecule has 0 radical (unpaired) electrons. The molecule has 0 spiro atoms. The van der Waals surface area contributed by atoms with E-state index in [0.29, 0.717) is 35.6 Å². The van der Waals surface area contributed by atoms with Crippen LogP contribution in [-0.4, -0.2) is 35.3 Å². The molecule has 1 amide bonds. The van der Waals surface area contributed by atoms with Gasteiger partial charge in [0.1, 0.15) is 17.1 Å². The Morgan fingerprint density at radius 3 is 2.58 bits per heavy atom. The summed E-state index contributed by atoms with van der Waals surface area (Å²) in [5.41, 5.74) is 6.10. The number of nitrogens with zero attached hydrogens (tertiary/aromatic N) is 5. The lowest BCUT2D eigenvalue weighted by Gasteiger charge is -2.24. The lowest BCUT2D eigenvalue weighted by Crippen LogP contribution is -2.27. The fraction of sp³-hybridized carbons (Fsp3) is 0.455. The highest BCUT2D eigenvalue weighted by Crippen LogP contribution is 2.58. The number of aromatic nitrogens is 5. The SMILES string of the molecule is Cn1cncc1C(=O)Nc1ccc(F)c(Cl)c1C1CC2CC(O)(c3nc(N)nn3C)CC2C1. The van der Waals surface area contributed by atoms with Crippen LogP contribution < -0.4 is 11.1 Å². The second-order valence-electron chi connectivity index (χ2n) is 9.21. The molecule has 5 rings (SSSR count). The maximum Gasteiger partial charge on any atom is 0.273 e. The van der Waals surface area contributed by atoms with E-state index in [4.69, 9.17) is 17.3 Å². The van der Waals surface area contributed by atoms with Crippen molar-refractivity contribution in [3.8, 4) is 0 Å². The molecular weight excluding hydrogens is 449 g/mol. The van der Waals surface area contributed by atoms with Crippen molar-refractivity contribution in [3.63, 3.8) is 0 Å². The number of nitrogens with two attached hydrogens (primary N) is 1. The summed E-state index contributed by atoms with van der Waals surface area (Å²) in [6.45, 7) is 0. The number of hydrogen-bond donors (Lipinski definition) is 3. The third-order valence-electron chi connectivity index (χ3n) is 7.08. The van der Waals surface area contributed by atoms with Gasteiger partial charge in [-0.15, -0.1) is 5.10 Å². The van der Waals surface area contributed by atoms with Gasteiger partial charge in [0, 0.05) is 25.3 Å². The number of amides is 1.